The van der Waals surface area contributed by atoms with Gasteiger partial charge in [-0.3, -0.25) is 4.79 Å². The van der Waals surface area contributed by atoms with Crippen LogP contribution in [0.1, 0.15) is 27.0 Å². The van der Waals surface area contributed by atoms with Gasteiger partial charge in [-0.1, -0.05) is 57.9 Å². The zero-order valence-electron chi connectivity index (χ0n) is 21.4. The number of hydrogen-bond donors (Lipinski definition) is 2. The van der Waals surface area contributed by atoms with Gasteiger partial charge in [0.05, 0.1) is 11.9 Å². The van der Waals surface area contributed by atoms with Gasteiger partial charge in [0.2, 0.25) is 0 Å². The van der Waals surface area contributed by atoms with Crippen LogP contribution in [0.2, 0.25) is 0 Å². The van der Waals surface area contributed by atoms with E-state index in [1.54, 1.807) is 30.3 Å². The summed E-state index contributed by atoms with van der Waals surface area (Å²) < 4.78 is 19.9. The number of carbonyl (C=O) groups is 1. The third-order valence-electron chi connectivity index (χ3n) is 5.90. The molecule has 0 unspecified atom stereocenters. The van der Waals surface area contributed by atoms with Crippen molar-refractivity contribution in [2.75, 3.05) is 5.32 Å². The van der Waals surface area contributed by atoms with Gasteiger partial charge >= 0.3 is 0 Å². The number of carbonyl (C=O) groups excluding carboxylic acids is 1. The number of benzene rings is 4. The van der Waals surface area contributed by atoms with E-state index >= 15 is 0 Å². The number of anilines is 2. The van der Waals surface area contributed by atoms with E-state index in [0.29, 0.717) is 16.9 Å². The first-order valence-corrected chi connectivity index (χ1v) is 14.0. The van der Waals surface area contributed by atoms with Gasteiger partial charge in [-0.25, -0.2) is 14.8 Å². The Kier molecular flexibility index (Phi) is 8.63. The zero-order valence-corrected chi connectivity index (χ0v) is 23.8. The number of nitrogens with zero attached hydrogens (tertiary/aromatic N) is 2. The van der Waals surface area contributed by atoms with Crippen molar-refractivity contribution >= 4 is 50.2 Å². The van der Waals surface area contributed by atoms with Crippen LogP contribution in [-0.2, 0) is 6.61 Å². The van der Waals surface area contributed by atoms with Crippen LogP contribution < -0.4 is 15.5 Å². The van der Waals surface area contributed by atoms with Crippen LogP contribution in [0.15, 0.2) is 106 Å². The van der Waals surface area contributed by atoms with Gasteiger partial charge in [0, 0.05) is 32.2 Å². The molecule has 1 amide bonds. The molecule has 0 fully saturated rings. The number of hydrogen-bond acceptors (Lipinski definition) is 6. The molecule has 0 bridgehead atoms. The SMILES string of the molecule is Cc1ccc(Nc2nc(-c3ccc(C(=O)N/N=C\c4cc(Br)ccc4OCc4ccc(F)cc4)cc3)cs2)cc1. The minimum atomic E-state index is -0.341. The summed E-state index contributed by atoms with van der Waals surface area (Å²) in [5.74, 6) is -0.0602. The molecule has 4 aromatic carbocycles. The van der Waals surface area contributed by atoms with E-state index in [2.05, 4.69) is 43.7 Å². The highest BCUT2D eigenvalue weighted by atomic mass is 79.9. The van der Waals surface area contributed by atoms with Crippen molar-refractivity contribution in [3.05, 3.63) is 129 Å². The fourth-order valence-electron chi connectivity index (χ4n) is 3.73. The minimum Gasteiger partial charge on any atom is -0.488 e. The number of nitrogens with one attached hydrogen (secondary N) is 2. The molecule has 0 saturated carbocycles. The second-order valence-corrected chi connectivity index (χ2v) is 10.7. The van der Waals surface area contributed by atoms with Gasteiger partial charge in [-0.15, -0.1) is 11.3 Å². The molecule has 200 valence electrons. The number of halogens is 2. The van der Waals surface area contributed by atoms with Crippen LogP contribution in [-0.4, -0.2) is 17.1 Å². The molecule has 2 N–H and O–H groups in total. The molecular formula is C31H24BrFN4O2S. The Bertz CT molecular complexity index is 1640. The molecule has 0 aliphatic rings. The van der Waals surface area contributed by atoms with E-state index in [0.717, 1.165) is 32.1 Å². The summed E-state index contributed by atoms with van der Waals surface area (Å²) in [4.78, 5) is 17.3. The highest BCUT2D eigenvalue weighted by Crippen LogP contribution is 2.28. The Labute approximate surface area is 243 Å². The van der Waals surface area contributed by atoms with Crippen molar-refractivity contribution < 1.29 is 13.9 Å². The lowest BCUT2D eigenvalue weighted by Crippen LogP contribution is -2.17. The number of thiazole rings is 1. The molecule has 5 aromatic rings. The molecule has 0 saturated heterocycles. The topological polar surface area (TPSA) is 75.6 Å². The largest absolute Gasteiger partial charge is 0.488 e. The van der Waals surface area contributed by atoms with E-state index in [-0.39, 0.29) is 18.3 Å². The van der Waals surface area contributed by atoms with Gasteiger partial charge in [-0.2, -0.15) is 5.10 Å². The second-order valence-electron chi connectivity index (χ2n) is 8.90. The average Bonchev–Trinajstić information content (AvgIpc) is 3.43. The molecule has 1 heterocycles. The van der Waals surface area contributed by atoms with Crippen molar-refractivity contribution in [3.8, 4) is 17.0 Å². The third-order valence-corrected chi connectivity index (χ3v) is 7.15. The summed E-state index contributed by atoms with van der Waals surface area (Å²) in [6.45, 7) is 2.32. The predicted molar refractivity (Wildman–Crippen MR) is 162 cm³/mol. The quantitative estimate of drug-likeness (QED) is 0.130. The van der Waals surface area contributed by atoms with Crippen LogP contribution in [0.4, 0.5) is 15.2 Å². The van der Waals surface area contributed by atoms with Crippen molar-refractivity contribution in [2.24, 2.45) is 5.10 Å². The summed E-state index contributed by atoms with van der Waals surface area (Å²) in [6, 6.07) is 26.9. The van der Waals surface area contributed by atoms with Gasteiger partial charge in [-0.05, 0) is 67.1 Å². The first kappa shape index (κ1) is 27.2. The predicted octanol–water partition coefficient (Wildman–Crippen LogP) is 8.11. The third kappa shape index (κ3) is 7.19. The highest BCUT2D eigenvalue weighted by molar-refractivity contribution is 9.10. The Morgan fingerprint density at radius 2 is 1.77 bits per heavy atom. The van der Waals surface area contributed by atoms with E-state index < -0.39 is 0 Å². The molecule has 6 nitrogen and oxygen atoms in total. The smallest absolute Gasteiger partial charge is 0.271 e. The molecule has 5 rings (SSSR count). The van der Waals surface area contributed by atoms with Crippen LogP contribution in [0.5, 0.6) is 5.75 Å². The average molecular weight is 616 g/mol. The van der Waals surface area contributed by atoms with E-state index in [1.807, 2.05) is 53.9 Å². The first-order chi connectivity index (χ1) is 19.4. The Morgan fingerprint density at radius 3 is 2.52 bits per heavy atom. The number of hydrazone groups is 1. The highest BCUT2D eigenvalue weighted by Gasteiger charge is 2.09. The van der Waals surface area contributed by atoms with Gasteiger partial charge in [0.15, 0.2) is 5.13 Å². The monoisotopic (exact) mass is 614 g/mol. The Balaban J connectivity index is 1.19. The van der Waals surface area contributed by atoms with E-state index in [9.17, 15) is 9.18 Å². The van der Waals surface area contributed by atoms with E-state index in [1.165, 1.54) is 35.2 Å². The molecule has 40 heavy (non-hydrogen) atoms. The summed E-state index contributed by atoms with van der Waals surface area (Å²) in [5, 5.41) is 10.2. The van der Waals surface area contributed by atoms with Gasteiger partial charge in [0.1, 0.15) is 18.2 Å². The second kappa shape index (κ2) is 12.7. The van der Waals surface area contributed by atoms with Crippen LogP contribution in [0.3, 0.4) is 0 Å². The van der Waals surface area contributed by atoms with Gasteiger partial charge in [0.25, 0.3) is 5.91 Å². The van der Waals surface area contributed by atoms with Crippen LogP contribution in [0.25, 0.3) is 11.3 Å². The minimum absolute atomic E-state index is 0.268. The Hall–Kier alpha value is -4.34. The number of ether oxygens (including phenoxy) is 1. The normalized spacial score (nSPS) is 11.0. The molecular weight excluding hydrogens is 591 g/mol. The lowest BCUT2D eigenvalue weighted by atomic mass is 10.1. The lowest BCUT2D eigenvalue weighted by Gasteiger charge is -2.10. The van der Waals surface area contributed by atoms with Crippen molar-refractivity contribution in [1.29, 1.82) is 0 Å². The Morgan fingerprint density at radius 1 is 1.02 bits per heavy atom. The van der Waals surface area contributed by atoms with Gasteiger partial charge < -0.3 is 10.1 Å². The fourth-order valence-corrected chi connectivity index (χ4v) is 4.85. The lowest BCUT2D eigenvalue weighted by molar-refractivity contribution is 0.0955. The molecule has 0 radical (unpaired) electrons. The van der Waals surface area contributed by atoms with Crippen molar-refractivity contribution in [1.82, 2.24) is 10.4 Å². The summed E-state index contributed by atoms with van der Waals surface area (Å²) in [5.41, 5.74) is 8.45. The summed E-state index contributed by atoms with van der Waals surface area (Å²) >= 11 is 4.97. The molecule has 0 aliphatic carbocycles. The fraction of sp³-hybridized carbons (Fsp3) is 0.0645. The molecule has 0 atom stereocenters. The van der Waals surface area contributed by atoms with Crippen LogP contribution in [0, 0.1) is 12.7 Å². The first-order valence-electron chi connectivity index (χ1n) is 12.3. The van der Waals surface area contributed by atoms with Crippen molar-refractivity contribution in [2.45, 2.75) is 13.5 Å². The van der Waals surface area contributed by atoms with E-state index in [4.69, 9.17) is 4.74 Å². The zero-order chi connectivity index (χ0) is 27.9. The maximum atomic E-state index is 13.2. The molecule has 0 spiro atoms. The van der Waals surface area contributed by atoms with Crippen LogP contribution >= 0.6 is 27.3 Å². The maximum Gasteiger partial charge on any atom is 0.271 e. The molecule has 9 heteroatoms. The number of aryl methyl sites for hydroxylation is 1. The number of amides is 1. The summed E-state index contributed by atoms with van der Waals surface area (Å²) in [7, 11) is 0. The number of rotatable bonds is 9. The number of aromatic nitrogens is 1. The molecule has 0 aliphatic heterocycles. The van der Waals surface area contributed by atoms with Crippen molar-refractivity contribution in [3.63, 3.8) is 0 Å². The molecule has 1 aromatic heterocycles. The maximum absolute atomic E-state index is 13.2. The summed E-state index contributed by atoms with van der Waals surface area (Å²) in [6.07, 6.45) is 1.52. The standard InChI is InChI=1S/C31H24BrFN4O2S/c1-20-2-13-27(14-3-20)35-31-36-28(19-40-31)22-6-8-23(9-7-22)30(38)37-34-17-24-16-25(32)10-15-29(24)39-18-21-4-11-26(33)12-5-21/h2-17,19H,18H2,1H3,(H,35,36)(H,37,38)/b34-17-.